The molecule has 1 atom stereocenters. The van der Waals surface area contributed by atoms with Gasteiger partial charge in [-0.2, -0.15) is 36.5 Å². The zero-order valence-corrected chi connectivity index (χ0v) is 18.7. The van der Waals surface area contributed by atoms with Crippen LogP contribution in [0, 0.1) is 0 Å². The standard InChI is InChI=1S/C22H24F6N6O/c23-21(24,25)15-11-29-20(30-12-15)34-9-7-33(8-10-34)18(35)6-2-4-14-3-1-5-16-17(22(26,27)28)13-31-32-19(14)16/h11-14H,1-10H2/t14-/m0/s1. The Bertz CT molecular complexity index is 1030. The first-order valence-corrected chi connectivity index (χ1v) is 11.4. The van der Waals surface area contributed by atoms with Crippen LogP contribution in [0.15, 0.2) is 18.6 Å². The molecule has 1 amide bonds. The summed E-state index contributed by atoms with van der Waals surface area (Å²) in [5.41, 5.74) is -1.03. The number of hydrogen-bond acceptors (Lipinski definition) is 6. The molecule has 7 nitrogen and oxygen atoms in total. The number of piperazine rings is 1. The van der Waals surface area contributed by atoms with Gasteiger partial charge in [-0.3, -0.25) is 4.79 Å². The lowest BCUT2D eigenvalue weighted by Crippen LogP contribution is -2.49. The fraction of sp³-hybridized carbons (Fsp3) is 0.591. The zero-order valence-electron chi connectivity index (χ0n) is 18.7. The van der Waals surface area contributed by atoms with Gasteiger partial charge in [0, 0.05) is 50.9 Å². The molecule has 0 saturated carbocycles. The number of fused-ring (bicyclic) bond motifs is 1. The van der Waals surface area contributed by atoms with E-state index in [1.165, 1.54) is 0 Å². The monoisotopic (exact) mass is 502 g/mol. The average Bonchev–Trinajstić information content (AvgIpc) is 2.83. The Morgan fingerprint density at radius 2 is 1.66 bits per heavy atom. The van der Waals surface area contributed by atoms with E-state index >= 15 is 0 Å². The van der Waals surface area contributed by atoms with Crippen LogP contribution in [0.4, 0.5) is 32.3 Å². The van der Waals surface area contributed by atoms with Crippen molar-refractivity contribution in [3.63, 3.8) is 0 Å². The van der Waals surface area contributed by atoms with Gasteiger partial charge in [0.15, 0.2) is 0 Å². The van der Waals surface area contributed by atoms with Gasteiger partial charge in [0.2, 0.25) is 11.9 Å². The Hall–Kier alpha value is -2.99. The zero-order chi connectivity index (χ0) is 25.2. The average molecular weight is 502 g/mol. The molecule has 2 aromatic heterocycles. The minimum absolute atomic E-state index is 0.0656. The van der Waals surface area contributed by atoms with Crippen molar-refractivity contribution in [2.24, 2.45) is 0 Å². The Morgan fingerprint density at radius 1 is 0.971 bits per heavy atom. The third kappa shape index (κ3) is 5.81. The highest BCUT2D eigenvalue weighted by Gasteiger charge is 2.37. The number of amides is 1. The van der Waals surface area contributed by atoms with E-state index in [-0.39, 0.29) is 29.8 Å². The molecule has 0 spiro atoms. The number of nitrogens with zero attached hydrogens (tertiary/aromatic N) is 6. The summed E-state index contributed by atoms with van der Waals surface area (Å²) in [5.74, 6) is -0.0421. The third-order valence-corrected chi connectivity index (χ3v) is 6.48. The van der Waals surface area contributed by atoms with E-state index in [0.717, 1.165) is 18.6 Å². The molecule has 2 aliphatic rings. The molecule has 3 heterocycles. The lowest BCUT2D eigenvalue weighted by Gasteiger charge is -2.35. The number of anilines is 1. The summed E-state index contributed by atoms with van der Waals surface area (Å²) < 4.78 is 77.9. The lowest BCUT2D eigenvalue weighted by atomic mass is 9.82. The van der Waals surface area contributed by atoms with Gasteiger partial charge in [-0.05, 0) is 37.7 Å². The van der Waals surface area contributed by atoms with E-state index in [1.807, 2.05) is 0 Å². The first-order valence-electron chi connectivity index (χ1n) is 11.4. The summed E-state index contributed by atoms with van der Waals surface area (Å²) >= 11 is 0. The quantitative estimate of drug-likeness (QED) is 0.570. The Morgan fingerprint density at radius 3 is 2.29 bits per heavy atom. The molecule has 1 aliphatic carbocycles. The van der Waals surface area contributed by atoms with E-state index in [4.69, 9.17) is 0 Å². The smallest absolute Gasteiger partial charge is 0.339 e. The number of alkyl halides is 6. The maximum absolute atomic E-state index is 13.3. The molecule has 4 rings (SSSR count). The normalized spacial score (nSPS) is 19.0. The highest BCUT2D eigenvalue weighted by Crippen LogP contribution is 2.40. The van der Waals surface area contributed by atoms with Crippen LogP contribution >= 0.6 is 0 Å². The molecule has 13 heteroatoms. The van der Waals surface area contributed by atoms with Gasteiger partial charge in [-0.25, -0.2) is 9.97 Å². The fourth-order valence-corrected chi connectivity index (χ4v) is 4.65. The molecule has 0 bridgehead atoms. The van der Waals surface area contributed by atoms with Crippen LogP contribution in [0.3, 0.4) is 0 Å². The van der Waals surface area contributed by atoms with Crippen molar-refractivity contribution < 1.29 is 31.1 Å². The first kappa shape index (κ1) is 25.1. The molecule has 35 heavy (non-hydrogen) atoms. The summed E-state index contributed by atoms with van der Waals surface area (Å²) in [4.78, 5) is 23.6. The number of rotatable bonds is 5. The number of carbonyl (C=O) groups excluding carboxylic acids is 1. The third-order valence-electron chi connectivity index (χ3n) is 6.48. The van der Waals surface area contributed by atoms with Crippen LogP contribution in [0.5, 0.6) is 0 Å². The van der Waals surface area contributed by atoms with Gasteiger partial charge in [-0.1, -0.05) is 0 Å². The van der Waals surface area contributed by atoms with Crippen LogP contribution < -0.4 is 4.90 Å². The summed E-state index contributed by atoms with van der Waals surface area (Å²) in [6, 6.07) is 0. The molecular formula is C22H24F6N6O. The number of carbonyl (C=O) groups is 1. The van der Waals surface area contributed by atoms with Crippen molar-refractivity contribution in [1.29, 1.82) is 0 Å². The van der Waals surface area contributed by atoms with Crippen molar-refractivity contribution in [1.82, 2.24) is 25.1 Å². The molecule has 0 aromatic carbocycles. The van der Waals surface area contributed by atoms with Crippen molar-refractivity contribution in [3.8, 4) is 0 Å². The topological polar surface area (TPSA) is 75.1 Å². The van der Waals surface area contributed by atoms with Gasteiger partial charge in [0.25, 0.3) is 0 Å². The lowest BCUT2D eigenvalue weighted by molar-refractivity contribution is -0.139. The van der Waals surface area contributed by atoms with Crippen LogP contribution in [-0.2, 0) is 23.6 Å². The predicted octanol–water partition coefficient (Wildman–Crippen LogP) is 4.24. The predicted molar refractivity (Wildman–Crippen MR) is 112 cm³/mol. The molecular weight excluding hydrogens is 478 g/mol. The van der Waals surface area contributed by atoms with Gasteiger partial charge in [-0.15, -0.1) is 0 Å². The number of hydrogen-bond donors (Lipinski definition) is 0. The minimum atomic E-state index is -4.50. The highest BCUT2D eigenvalue weighted by molar-refractivity contribution is 5.76. The van der Waals surface area contributed by atoms with Crippen molar-refractivity contribution in [3.05, 3.63) is 41.0 Å². The van der Waals surface area contributed by atoms with Crippen molar-refractivity contribution in [2.75, 3.05) is 31.1 Å². The maximum atomic E-state index is 13.3. The van der Waals surface area contributed by atoms with Gasteiger partial charge >= 0.3 is 12.4 Å². The van der Waals surface area contributed by atoms with Crippen LogP contribution in [0.2, 0.25) is 0 Å². The van der Waals surface area contributed by atoms with E-state index < -0.39 is 23.5 Å². The number of aromatic nitrogens is 4. The Balaban J connectivity index is 1.27. The van der Waals surface area contributed by atoms with E-state index in [1.54, 1.807) is 9.80 Å². The SMILES string of the molecule is O=C(CCC[C@@H]1CCCc2c(C(F)(F)F)cnnc21)N1CCN(c2ncc(C(F)(F)F)cn2)CC1. The van der Waals surface area contributed by atoms with E-state index in [0.29, 0.717) is 64.0 Å². The molecule has 1 aliphatic heterocycles. The Labute approximate surface area is 197 Å². The molecule has 0 N–H and O–H groups in total. The summed E-state index contributed by atoms with van der Waals surface area (Å²) in [7, 11) is 0. The van der Waals surface area contributed by atoms with E-state index in [9.17, 15) is 31.1 Å². The largest absolute Gasteiger partial charge is 0.419 e. The second-order valence-electron chi connectivity index (χ2n) is 8.74. The minimum Gasteiger partial charge on any atom is -0.339 e. The Kier molecular flexibility index (Phi) is 7.13. The molecule has 2 aromatic rings. The molecule has 1 saturated heterocycles. The van der Waals surface area contributed by atoms with Crippen molar-refractivity contribution >= 4 is 11.9 Å². The number of halogens is 6. The van der Waals surface area contributed by atoms with Gasteiger partial charge in [0.1, 0.15) is 0 Å². The molecule has 1 fully saturated rings. The van der Waals surface area contributed by atoms with Crippen molar-refractivity contribution in [2.45, 2.75) is 56.8 Å². The summed E-state index contributed by atoms with van der Waals surface area (Å²) in [5, 5.41) is 7.56. The maximum Gasteiger partial charge on any atom is 0.419 e. The second-order valence-corrected chi connectivity index (χ2v) is 8.74. The first-order chi connectivity index (χ1) is 16.5. The van der Waals surface area contributed by atoms with Gasteiger partial charge < -0.3 is 9.80 Å². The van der Waals surface area contributed by atoms with Crippen LogP contribution in [0.25, 0.3) is 0 Å². The van der Waals surface area contributed by atoms with Gasteiger partial charge in [0.05, 0.1) is 23.0 Å². The second kappa shape index (κ2) is 9.94. The molecule has 0 unspecified atom stereocenters. The van der Waals surface area contributed by atoms with Crippen LogP contribution in [-0.4, -0.2) is 57.2 Å². The molecule has 190 valence electrons. The summed E-state index contributed by atoms with van der Waals surface area (Å²) in [6.45, 7) is 1.55. The summed E-state index contributed by atoms with van der Waals surface area (Å²) in [6.07, 6.45) is -3.72. The van der Waals surface area contributed by atoms with Crippen LogP contribution in [0.1, 0.15) is 60.4 Å². The molecule has 0 radical (unpaired) electrons. The highest BCUT2D eigenvalue weighted by atomic mass is 19.4. The fourth-order valence-electron chi connectivity index (χ4n) is 4.65. The van der Waals surface area contributed by atoms with E-state index in [2.05, 4.69) is 20.2 Å².